The van der Waals surface area contributed by atoms with Crippen molar-refractivity contribution in [2.75, 3.05) is 10.4 Å². The van der Waals surface area contributed by atoms with Crippen LogP contribution in [-0.2, 0) is 0 Å². The van der Waals surface area contributed by atoms with Gasteiger partial charge in [0.1, 0.15) is 11.5 Å². The highest BCUT2D eigenvalue weighted by Gasteiger charge is 2.09. The van der Waals surface area contributed by atoms with Crippen LogP contribution < -0.4 is 15.2 Å². The number of benzene rings is 3. The van der Waals surface area contributed by atoms with Gasteiger partial charge in [0.2, 0.25) is 0 Å². The summed E-state index contributed by atoms with van der Waals surface area (Å²) in [6, 6.07) is 30.4. The third kappa shape index (κ3) is 3.87. The average Bonchev–Trinajstić information content (AvgIpc) is 3.22. The lowest BCUT2D eigenvalue weighted by Gasteiger charge is -2.26. The molecule has 0 atom stereocenters. The second-order valence-corrected chi connectivity index (χ2v) is 6.48. The second-order valence-electron chi connectivity index (χ2n) is 5.70. The largest absolute Gasteiger partial charge is 0.457 e. The number of ether oxygens (including phenoxy) is 1. The van der Waals surface area contributed by atoms with Gasteiger partial charge in [-0.3, -0.25) is 10.4 Å². The van der Waals surface area contributed by atoms with Gasteiger partial charge in [0.25, 0.3) is 0 Å². The first-order valence-corrected chi connectivity index (χ1v) is 9.30. The van der Waals surface area contributed by atoms with Gasteiger partial charge in [-0.1, -0.05) is 36.4 Å². The fourth-order valence-corrected chi connectivity index (χ4v) is 3.16. The Morgan fingerprint density at radius 3 is 1.81 bits per heavy atom. The number of anilines is 3. The number of thiophene rings is 1. The van der Waals surface area contributed by atoms with Crippen LogP contribution in [-0.4, -0.2) is 0 Å². The van der Waals surface area contributed by atoms with Crippen molar-refractivity contribution in [3.05, 3.63) is 102 Å². The molecule has 4 rings (SSSR count). The Hall–Kier alpha value is -3.24. The topological polar surface area (TPSA) is 24.5 Å². The first-order valence-electron chi connectivity index (χ1n) is 8.35. The van der Waals surface area contributed by atoms with Gasteiger partial charge in [-0.15, -0.1) is 11.3 Å². The molecule has 128 valence electrons. The summed E-state index contributed by atoms with van der Waals surface area (Å²) in [6.07, 6.45) is 0. The summed E-state index contributed by atoms with van der Waals surface area (Å²) >= 11 is 1.62. The van der Waals surface area contributed by atoms with Crippen LogP contribution in [0, 0.1) is 0 Å². The molecule has 4 aromatic rings. The lowest BCUT2D eigenvalue weighted by atomic mass is 10.2. The normalized spacial score (nSPS) is 10.3. The molecule has 26 heavy (non-hydrogen) atoms. The Balaban J connectivity index is 1.56. The molecule has 0 saturated carbocycles. The van der Waals surface area contributed by atoms with E-state index in [1.54, 1.807) is 11.3 Å². The van der Waals surface area contributed by atoms with Crippen molar-refractivity contribution < 1.29 is 4.74 Å². The van der Waals surface area contributed by atoms with Gasteiger partial charge < -0.3 is 4.74 Å². The number of para-hydroxylation sites is 2. The zero-order chi connectivity index (χ0) is 17.6. The summed E-state index contributed by atoms with van der Waals surface area (Å²) < 4.78 is 5.82. The Morgan fingerprint density at radius 1 is 0.654 bits per heavy atom. The Bertz CT molecular complexity index is 884. The quantitative estimate of drug-likeness (QED) is 0.388. The Labute approximate surface area is 157 Å². The molecule has 0 fully saturated rings. The minimum atomic E-state index is 0.819. The van der Waals surface area contributed by atoms with Gasteiger partial charge >= 0.3 is 0 Å². The van der Waals surface area contributed by atoms with E-state index in [0.29, 0.717) is 0 Å². The maximum atomic E-state index is 5.82. The monoisotopic (exact) mass is 358 g/mol. The zero-order valence-corrected chi connectivity index (χ0v) is 14.9. The lowest BCUT2D eigenvalue weighted by Crippen LogP contribution is -2.24. The number of hydrogen-bond acceptors (Lipinski definition) is 4. The van der Waals surface area contributed by atoms with Gasteiger partial charge in [0.05, 0.1) is 17.1 Å². The number of rotatable bonds is 6. The SMILES string of the molecule is c1ccc(N(Nc2ccc(Oc3ccsc3)cc2)c2ccccc2)cc1. The van der Waals surface area contributed by atoms with E-state index >= 15 is 0 Å². The molecule has 0 bridgehead atoms. The number of nitrogens with zero attached hydrogens (tertiary/aromatic N) is 1. The highest BCUT2D eigenvalue weighted by Crippen LogP contribution is 2.28. The molecule has 0 spiro atoms. The van der Waals surface area contributed by atoms with Crippen molar-refractivity contribution in [3.63, 3.8) is 0 Å². The maximum absolute atomic E-state index is 5.82. The smallest absolute Gasteiger partial charge is 0.138 e. The van der Waals surface area contributed by atoms with Gasteiger partial charge in [-0.25, -0.2) is 0 Å². The zero-order valence-electron chi connectivity index (χ0n) is 14.1. The molecule has 1 aromatic heterocycles. The van der Waals surface area contributed by atoms with Crippen LogP contribution in [0.1, 0.15) is 0 Å². The van der Waals surface area contributed by atoms with Crippen molar-refractivity contribution in [2.45, 2.75) is 0 Å². The molecule has 0 unspecified atom stereocenters. The van der Waals surface area contributed by atoms with Crippen LogP contribution in [0.3, 0.4) is 0 Å². The molecule has 1 N–H and O–H groups in total. The number of hydrazine groups is 1. The van der Waals surface area contributed by atoms with Crippen molar-refractivity contribution in [1.29, 1.82) is 0 Å². The predicted molar refractivity (Wildman–Crippen MR) is 109 cm³/mol. The molecule has 4 heteroatoms. The van der Waals surface area contributed by atoms with Crippen LogP contribution in [0.25, 0.3) is 0 Å². The van der Waals surface area contributed by atoms with E-state index in [-0.39, 0.29) is 0 Å². The van der Waals surface area contributed by atoms with E-state index in [2.05, 4.69) is 34.7 Å². The average molecular weight is 358 g/mol. The molecule has 1 heterocycles. The van der Waals surface area contributed by atoms with E-state index in [0.717, 1.165) is 28.6 Å². The summed E-state index contributed by atoms with van der Waals surface area (Å²) in [4.78, 5) is 0. The van der Waals surface area contributed by atoms with Gasteiger partial charge in [-0.05, 0) is 60.0 Å². The van der Waals surface area contributed by atoms with Gasteiger partial charge in [0, 0.05) is 5.38 Å². The van der Waals surface area contributed by atoms with Crippen molar-refractivity contribution in [3.8, 4) is 11.5 Å². The van der Waals surface area contributed by atoms with Crippen LogP contribution in [0.5, 0.6) is 11.5 Å². The van der Waals surface area contributed by atoms with Gasteiger partial charge in [0.15, 0.2) is 0 Å². The highest BCUT2D eigenvalue weighted by molar-refractivity contribution is 7.08. The summed E-state index contributed by atoms with van der Waals surface area (Å²) in [6.45, 7) is 0. The first-order chi connectivity index (χ1) is 12.9. The summed E-state index contributed by atoms with van der Waals surface area (Å²) in [5, 5.41) is 6.05. The fraction of sp³-hybridized carbons (Fsp3) is 0. The van der Waals surface area contributed by atoms with Crippen molar-refractivity contribution in [1.82, 2.24) is 0 Å². The number of hydrogen-bond donors (Lipinski definition) is 1. The molecule has 3 nitrogen and oxygen atoms in total. The maximum Gasteiger partial charge on any atom is 0.138 e. The van der Waals surface area contributed by atoms with E-state index < -0.39 is 0 Å². The van der Waals surface area contributed by atoms with Crippen molar-refractivity contribution >= 4 is 28.4 Å². The predicted octanol–water partition coefficient (Wildman–Crippen LogP) is 6.71. The molecular formula is C22H18N2OS. The van der Waals surface area contributed by atoms with Crippen LogP contribution in [0.15, 0.2) is 102 Å². The van der Waals surface area contributed by atoms with E-state index in [1.807, 2.05) is 77.5 Å². The fourth-order valence-electron chi connectivity index (χ4n) is 2.61. The van der Waals surface area contributed by atoms with E-state index in [9.17, 15) is 0 Å². The lowest BCUT2D eigenvalue weighted by molar-refractivity contribution is 0.485. The van der Waals surface area contributed by atoms with E-state index in [1.165, 1.54) is 0 Å². The minimum absolute atomic E-state index is 0.819. The molecule has 0 saturated heterocycles. The molecule has 0 aliphatic carbocycles. The second kappa shape index (κ2) is 7.76. The molecule has 0 radical (unpaired) electrons. The van der Waals surface area contributed by atoms with Crippen LogP contribution in [0.2, 0.25) is 0 Å². The molecule has 0 aliphatic heterocycles. The summed E-state index contributed by atoms with van der Waals surface area (Å²) in [7, 11) is 0. The van der Waals surface area contributed by atoms with Crippen LogP contribution >= 0.6 is 11.3 Å². The minimum Gasteiger partial charge on any atom is -0.457 e. The molecular weight excluding hydrogens is 340 g/mol. The molecule has 0 amide bonds. The first kappa shape index (κ1) is 16.2. The van der Waals surface area contributed by atoms with Crippen LogP contribution in [0.4, 0.5) is 17.1 Å². The third-order valence-electron chi connectivity index (χ3n) is 3.85. The summed E-state index contributed by atoms with van der Waals surface area (Å²) in [5.74, 6) is 1.69. The number of nitrogens with one attached hydrogen (secondary N) is 1. The third-order valence-corrected chi connectivity index (χ3v) is 4.52. The highest BCUT2D eigenvalue weighted by atomic mass is 32.1. The Kier molecular flexibility index (Phi) is 4.85. The molecule has 0 aliphatic rings. The van der Waals surface area contributed by atoms with Gasteiger partial charge in [-0.2, -0.15) is 0 Å². The standard InChI is InChI=1S/C22H18N2OS/c1-3-7-19(8-4-1)24(20-9-5-2-6-10-20)23-18-11-13-21(14-12-18)25-22-15-16-26-17-22/h1-17,23H. The Morgan fingerprint density at radius 2 is 1.27 bits per heavy atom. The summed E-state index contributed by atoms with van der Waals surface area (Å²) in [5.41, 5.74) is 6.59. The van der Waals surface area contributed by atoms with E-state index in [4.69, 9.17) is 4.74 Å². The molecule has 3 aromatic carbocycles. The van der Waals surface area contributed by atoms with Crippen molar-refractivity contribution in [2.24, 2.45) is 0 Å².